The van der Waals surface area contributed by atoms with Gasteiger partial charge >= 0.3 is 6.09 Å². The van der Waals surface area contributed by atoms with Gasteiger partial charge in [-0.2, -0.15) is 0 Å². The molecular weight excluding hydrogens is 201 g/mol. The normalized spacial score (nSPS) is 10.5. The van der Waals surface area contributed by atoms with E-state index in [0.29, 0.717) is 0 Å². The van der Waals surface area contributed by atoms with Crippen molar-refractivity contribution in [2.24, 2.45) is 0 Å². The summed E-state index contributed by atoms with van der Waals surface area (Å²) in [6.07, 6.45) is -0.0723. The predicted octanol–water partition coefficient (Wildman–Crippen LogP) is 1.67. The molecule has 4 nitrogen and oxygen atoms in total. The maximum absolute atomic E-state index is 12.9. The Hall–Kier alpha value is -2.17. The highest BCUT2D eigenvalue weighted by molar-refractivity contribution is 5.87. The summed E-state index contributed by atoms with van der Waals surface area (Å²) in [6.45, 7) is 0. The molecule has 0 atom stereocenters. The van der Waals surface area contributed by atoms with Crippen molar-refractivity contribution >= 4 is 17.0 Å². The van der Waals surface area contributed by atoms with Crippen LogP contribution in [0.3, 0.4) is 0 Å². The van der Waals surface area contributed by atoms with Crippen LogP contribution in [0.25, 0.3) is 10.9 Å². The number of aromatic nitrogens is 1. The van der Waals surface area contributed by atoms with Crippen LogP contribution >= 0.6 is 0 Å². The molecule has 1 aromatic heterocycles. The van der Waals surface area contributed by atoms with Gasteiger partial charge in [0.2, 0.25) is 0 Å². The van der Waals surface area contributed by atoms with Crippen LogP contribution in [0.5, 0.6) is 0 Å². The van der Waals surface area contributed by atoms with E-state index in [1.54, 1.807) is 0 Å². The number of nitrogens with zero attached hydrogens (tertiary/aromatic N) is 1. The minimum Gasteiger partial charge on any atom is -0.464 e. The van der Waals surface area contributed by atoms with Gasteiger partial charge in [-0.1, -0.05) is 0 Å². The number of carbonyl (C=O) groups is 1. The van der Waals surface area contributed by atoms with Gasteiger partial charge in [0.15, 0.2) is 5.43 Å². The monoisotopic (exact) mass is 207 g/mol. The molecule has 0 fully saturated rings. The average Bonchev–Trinajstić information content (AvgIpc) is 2.19. The molecule has 0 spiro atoms. The maximum atomic E-state index is 12.9. The zero-order valence-electron chi connectivity index (χ0n) is 7.48. The molecule has 5 heteroatoms. The fourth-order valence-corrected chi connectivity index (χ4v) is 1.39. The van der Waals surface area contributed by atoms with Crippen LogP contribution in [0.15, 0.2) is 35.3 Å². The van der Waals surface area contributed by atoms with Gasteiger partial charge in [0.1, 0.15) is 5.82 Å². The molecule has 0 saturated heterocycles. The number of fused-ring (bicyclic) bond motifs is 1. The van der Waals surface area contributed by atoms with E-state index in [-0.39, 0.29) is 10.9 Å². The van der Waals surface area contributed by atoms with Crippen LogP contribution in [0.4, 0.5) is 9.18 Å². The van der Waals surface area contributed by atoms with E-state index >= 15 is 0 Å². The summed E-state index contributed by atoms with van der Waals surface area (Å²) < 4.78 is 13.7. The first kappa shape index (κ1) is 9.39. The van der Waals surface area contributed by atoms with E-state index in [2.05, 4.69) is 0 Å². The molecule has 2 aromatic rings. The van der Waals surface area contributed by atoms with Gasteiger partial charge < -0.3 is 5.11 Å². The molecule has 1 aromatic carbocycles. The van der Waals surface area contributed by atoms with Gasteiger partial charge in [-0.05, 0) is 18.2 Å². The van der Waals surface area contributed by atoms with Gasteiger partial charge in [0.05, 0.1) is 5.52 Å². The van der Waals surface area contributed by atoms with Crippen LogP contribution in [-0.2, 0) is 0 Å². The van der Waals surface area contributed by atoms with Crippen molar-refractivity contribution in [3.05, 3.63) is 46.5 Å². The number of benzene rings is 1. The van der Waals surface area contributed by atoms with Crippen molar-refractivity contribution in [1.29, 1.82) is 0 Å². The van der Waals surface area contributed by atoms with Crippen LogP contribution < -0.4 is 5.43 Å². The van der Waals surface area contributed by atoms with Crippen molar-refractivity contribution in [2.45, 2.75) is 0 Å². The molecular formula is C10H6FNO3. The first-order valence-electron chi connectivity index (χ1n) is 4.14. The molecule has 0 aliphatic rings. The summed E-state index contributed by atoms with van der Waals surface area (Å²) in [6, 6.07) is 4.49. The molecule has 0 aliphatic carbocycles. The third-order valence-electron chi connectivity index (χ3n) is 2.06. The van der Waals surface area contributed by atoms with E-state index < -0.39 is 17.3 Å². The summed E-state index contributed by atoms with van der Waals surface area (Å²) in [5.74, 6) is -0.567. The van der Waals surface area contributed by atoms with Gasteiger partial charge in [-0.3, -0.25) is 9.36 Å². The number of halogens is 1. The number of carboxylic acid groups (broad SMARTS) is 1. The van der Waals surface area contributed by atoms with Crippen LogP contribution in [-0.4, -0.2) is 15.8 Å². The highest BCUT2D eigenvalue weighted by Gasteiger charge is 2.07. The van der Waals surface area contributed by atoms with E-state index in [0.717, 1.165) is 29.0 Å². The van der Waals surface area contributed by atoms with E-state index in [9.17, 15) is 14.0 Å². The summed E-state index contributed by atoms with van der Waals surface area (Å²) in [5, 5.41) is 8.87. The first-order chi connectivity index (χ1) is 7.09. The summed E-state index contributed by atoms with van der Waals surface area (Å²) in [5.41, 5.74) is -0.224. The third kappa shape index (κ3) is 1.48. The Bertz CT molecular complexity index is 603. The van der Waals surface area contributed by atoms with Crippen molar-refractivity contribution in [1.82, 2.24) is 4.57 Å². The zero-order valence-corrected chi connectivity index (χ0v) is 7.48. The van der Waals surface area contributed by atoms with Crippen LogP contribution in [0, 0.1) is 5.82 Å². The van der Waals surface area contributed by atoms with Crippen LogP contribution in [0.1, 0.15) is 0 Å². The lowest BCUT2D eigenvalue weighted by Gasteiger charge is -2.04. The average molecular weight is 207 g/mol. The fourth-order valence-electron chi connectivity index (χ4n) is 1.39. The number of hydrogen-bond acceptors (Lipinski definition) is 2. The van der Waals surface area contributed by atoms with Crippen LogP contribution in [0.2, 0.25) is 0 Å². The van der Waals surface area contributed by atoms with Crippen molar-refractivity contribution in [3.63, 3.8) is 0 Å². The maximum Gasteiger partial charge on any atom is 0.416 e. The molecule has 0 bridgehead atoms. The fraction of sp³-hybridized carbons (Fsp3) is 0. The molecule has 0 aliphatic heterocycles. The van der Waals surface area contributed by atoms with Gasteiger partial charge in [0.25, 0.3) is 0 Å². The van der Waals surface area contributed by atoms with E-state index in [1.807, 2.05) is 0 Å². The Balaban J connectivity index is 2.95. The second-order valence-electron chi connectivity index (χ2n) is 2.99. The molecule has 0 saturated carbocycles. The second-order valence-corrected chi connectivity index (χ2v) is 2.99. The Morgan fingerprint density at radius 1 is 1.33 bits per heavy atom. The summed E-state index contributed by atoms with van der Waals surface area (Å²) >= 11 is 0. The topological polar surface area (TPSA) is 59.3 Å². The zero-order chi connectivity index (χ0) is 11.0. The largest absolute Gasteiger partial charge is 0.464 e. The Morgan fingerprint density at radius 3 is 2.73 bits per heavy atom. The first-order valence-corrected chi connectivity index (χ1v) is 4.14. The lowest BCUT2D eigenvalue weighted by Crippen LogP contribution is -2.13. The number of hydrogen-bond donors (Lipinski definition) is 1. The molecule has 1 heterocycles. The van der Waals surface area contributed by atoms with Gasteiger partial charge in [0, 0.05) is 17.6 Å². The lowest BCUT2D eigenvalue weighted by atomic mass is 10.2. The van der Waals surface area contributed by atoms with E-state index in [4.69, 9.17) is 5.11 Å². The standard InChI is InChI=1S/C10H6FNO3/c11-6-1-2-8-7(5-6)9(13)3-4-12(8)10(14)15/h1-5H,(H,14,15). The molecule has 1 N–H and O–H groups in total. The molecule has 15 heavy (non-hydrogen) atoms. The van der Waals surface area contributed by atoms with Crippen molar-refractivity contribution in [2.75, 3.05) is 0 Å². The third-order valence-corrected chi connectivity index (χ3v) is 2.06. The minimum atomic E-state index is -1.22. The highest BCUT2D eigenvalue weighted by Crippen LogP contribution is 2.11. The molecule has 0 unspecified atom stereocenters. The van der Waals surface area contributed by atoms with Gasteiger partial charge in [-0.25, -0.2) is 9.18 Å². The van der Waals surface area contributed by atoms with Crippen molar-refractivity contribution < 1.29 is 14.3 Å². The van der Waals surface area contributed by atoms with E-state index in [1.165, 1.54) is 6.07 Å². The van der Waals surface area contributed by atoms with Crippen molar-refractivity contribution in [3.8, 4) is 0 Å². The second kappa shape index (κ2) is 3.20. The molecule has 0 radical (unpaired) electrons. The quantitative estimate of drug-likeness (QED) is 0.714. The molecule has 76 valence electrons. The SMILES string of the molecule is O=C(O)n1ccc(=O)c2cc(F)ccc21. The number of rotatable bonds is 0. The summed E-state index contributed by atoms with van der Waals surface area (Å²) in [4.78, 5) is 22.1. The lowest BCUT2D eigenvalue weighted by molar-refractivity contribution is 0.197. The number of pyridine rings is 1. The predicted molar refractivity (Wildman–Crippen MR) is 51.6 cm³/mol. The summed E-state index contributed by atoms with van der Waals surface area (Å²) in [7, 11) is 0. The molecule has 2 rings (SSSR count). The van der Waals surface area contributed by atoms with Gasteiger partial charge in [-0.15, -0.1) is 0 Å². The Morgan fingerprint density at radius 2 is 2.07 bits per heavy atom. The minimum absolute atomic E-state index is 0.0555. The Kier molecular flexibility index (Phi) is 2.00. The highest BCUT2D eigenvalue weighted by atomic mass is 19.1. The molecule has 0 amide bonds. The smallest absolute Gasteiger partial charge is 0.416 e. The Labute approximate surface area is 83.2 Å².